The second kappa shape index (κ2) is 5.87. The molecule has 0 amide bonds. The molecule has 0 aliphatic heterocycles. The van der Waals surface area contributed by atoms with Crippen molar-refractivity contribution in [2.45, 2.75) is 6.92 Å². The van der Waals surface area contributed by atoms with Gasteiger partial charge < -0.3 is 9.64 Å². The zero-order chi connectivity index (χ0) is 12.1. The van der Waals surface area contributed by atoms with E-state index in [0.29, 0.717) is 29.5 Å². The number of Topliss-reactive ketones (excluding diaryl/α,β-unsaturated/α-hetero) is 1. The van der Waals surface area contributed by atoms with Crippen molar-refractivity contribution in [3.8, 4) is 5.75 Å². The smallest absolute Gasteiger partial charge is 0.180 e. The van der Waals surface area contributed by atoms with Crippen LogP contribution in [0, 0.1) is 0 Å². The molecule has 0 unspecified atom stereocenters. The predicted molar refractivity (Wildman–Crippen MR) is 65.5 cm³/mol. The molecular formula is C12H16ClNO2. The van der Waals surface area contributed by atoms with E-state index in [4.69, 9.17) is 16.3 Å². The van der Waals surface area contributed by atoms with Crippen LogP contribution in [0.3, 0.4) is 0 Å². The predicted octanol–water partition coefficient (Wildman–Crippen LogP) is 2.48. The summed E-state index contributed by atoms with van der Waals surface area (Å²) in [5.41, 5.74) is 0.544. The molecule has 0 aromatic heterocycles. The Kier molecular flexibility index (Phi) is 4.77. The highest BCUT2D eigenvalue weighted by Crippen LogP contribution is 2.29. The van der Waals surface area contributed by atoms with Gasteiger partial charge in [-0.3, -0.25) is 4.79 Å². The molecule has 1 aromatic carbocycles. The van der Waals surface area contributed by atoms with Crippen molar-refractivity contribution >= 4 is 17.4 Å². The summed E-state index contributed by atoms with van der Waals surface area (Å²) in [6, 6.07) is 5.22. The van der Waals surface area contributed by atoms with Gasteiger partial charge in [0, 0.05) is 0 Å². The first kappa shape index (κ1) is 13.0. The van der Waals surface area contributed by atoms with Crippen LogP contribution >= 0.6 is 11.6 Å². The van der Waals surface area contributed by atoms with Crippen molar-refractivity contribution < 1.29 is 9.53 Å². The molecule has 0 spiro atoms. The summed E-state index contributed by atoms with van der Waals surface area (Å²) in [4.78, 5) is 13.7. The van der Waals surface area contributed by atoms with Gasteiger partial charge in [-0.15, -0.1) is 0 Å². The molecule has 0 heterocycles. The van der Waals surface area contributed by atoms with Gasteiger partial charge in [0.25, 0.3) is 0 Å². The Hall–Kier alpha value is -1.06. The lowest BCUT2D eigenvalue weighted by molar-refractivity contribution is 0.0954. The molecule has 0 aliphatic carbocycles. The van der Waals surface area contributed by atoms with Gasteiger partial charge in [0.1, 0.15) is 5.75 Å². The molecule has 1 aromatic rings. The van der Waals surface area contributed by atoms with E-state index in [-0.39, 0.29) is 5.78 Å². The monoisotopic (exact) mass is 241 g/mol. The number of rotatable bonds is 5. The number of hydrogen-bond donors (Lipinski definition) is 0. The van der Waals surface area contributed by atoms with E-state index in [2.05, 4.69) is 0 Å². The molecule has 88 valence electrons. The summed E-state index contributed by atoms with van der Waals surface area (Å²) in [5, 5.41) is 0.478. The van der Waals surface area contributed by atoms with Gasteiger partial charge in [-0.05, 0) is 33.2 Å². The van der Waals surface area contributed by atoms with E-state index in [1.54, 1.807) is 18.2 Å². The van der Waals surface area contributed by atoms with Gasteiger partial charge in [-0.1, -0.05) is 17.7 Å². The fourth-order valence-corrected chi connectivity index (χ4v) is 1.62. The summed E-state index contributed by atoms with van der Waals surface area (Å²) < 4.78 is 5.40. The number of likely N-dealkylation sites (N-methyl/N-ethyl adjacent to an activating group) is 1. The Morgan fingerprint density at radius 3 is 2.69 bits per heavy atom. The number of hydrogen-bond acceptors (Lipinski definition) is 3. The summed E-state index contributed by atoms with van der Waals surface area (Å²) in [5.74, 6) is 0.495. The van der Waals surface area contributed by atoms with Crippen LogP contribution in [-0.4, -0.2) is 37.9 Å². The molecule has 0 aliphatic rings. The minimum Gasteiger partial charge on any atom is -0.492 e. The van der Waals surface area contributed by atoms with Gasteiger partial charge in [0.2, 0.25) is 0 Å². The van der Waals surface area contributed by atoms with Gasteiger partial charge in [-0.25, -0.2) is 0 Å². The third kappa shape index (κ3) is 3.22. The third-order valence-corrected chi connectivity index (χ3v) is 2.31. The Balaban J connectivity index is 3.02. The second-order valence-electron chi connectivity index (χ2n) is 3.71. The van der Waals surface area contributed by atoms with Gasteiger partial charge in [0.05, 0.1) is 23.7 Å². The fourth-order valence-electron chi connectivity index (χ4n) is 1.39. The minimum atomic E-state index is 0.0101. The van der Waals surface area contributed by atoms with E-state index in [9.17, 15) is 4.79 Å². The fraction of sp³-hybridized carbons (Fsp3) is 0.417. The third-order valence-electron chi connectivity index (χ3n) is 2.02. The molecule has 0 bridgehead atoms. The Bertz CT molecular complexity index is 377. The number of carbonyl (C=O) groups excluding carboxylic acids is 1. The van der Waals surface area contributed by atoms with Gasteiger partial charge in [-0.2, -0.15) is 0 Å². The maximum atomic E-state index is 11.9. The molecule has 1 rings (SSSR count). The van der Waals surface area contributed by atoms with Crippen LogP contribution < -0.4 is 4.74 Å². The molecule has 0 atom stereocenters. The van der Waals surface area contributed by atoms with Crippen LogP contribution in [0.4, 0.5) is 0 Å². The van der Waals surface area contributed by atoms with E-state index < -0.39 is 0 Å². The first-order valence-electron chi connectivity index (χ1n) is 5.15. The average molecular weight is 242 g/mol. The van der Waals surface area contributed by atoms with Gasteiger partial charge in [0.15, 0.2) is 5.78 Å². The van der Waals surface area contributed by atoms with E-state index in [1.165, 1.54) is 0 Å². The highest BCUT2D eigenvalue weighted by atomic mass is 35.5. The average Bonchev–Trinajstić information content (AvgIpc) is 2.20. The molecule has 16 heavy (non-hydrogen) atoms. The number of para-hydroxylation sites is 1. The number of halogens is 1. The summed E-state index contributed by atoms with van der Waals surface area (Å²) >= 11 is 6.00. The van der Waals surface area contributed by atoms with Crippen molar-refractivity contribution in [2.75, 3.05) is 27.2 Å². The van der Waals surface area contributed by atoms with Crippen molar-refractivity contribution in [2.24, 2.45) is 0 Å². The largest absolute Gasteiger partial charge is 0.492 e. The minimum absolute atomic E-state index is 0.0101. The molecule has 0 N–H and O–H groups in total. The lowest BCUT2D eigenvalue weighted by Gasteiger charge is -2.13. The quantitative estimate of drug-likeness (QED) is 0.742. The zero-order valence-corrected chi connectivity index (χ0v) is 10.5. The summed E-state index contributed by atoms with van der Waals surface area (Å²) in [6.07, 6.45) is 0. The summed E-state index contributed by atoms with van der Waals surface area (Å²) in [7, 11) is 3.70. The van der Waals surface area contributed by atoms with Crippen LogP contribution in [0.15, 0.2) is 18.2 Å². The number of carbonyl (C=O) groups is 1. The van der Waals surface area contributed by atoms with Gasteiger partial charge >= 0.3 is 0 Å². The van der Waals surface area contributed by atoms with Crippen LogP contribution in [0.5, 0.6) is 5.75 Å². The van der Waals surface area contributed by atoms with Crippen molar-refractivity contribution in [1.29, 1.82) is 0 Å². The van der Waals surface area contributed by atoms with E-state index in [0.717, 1.165) is 0 Å². The first-order valence-corrected chi connectivity index (χ1v) is 5.53. The zero-order valence-electron chi connectivity index (χ0n) is 9.79. The van der Waals surface area contributed by atoms with Crippen molar-refractivity contribution in [1.82, 2.24) is 4.90 Å². The lowest BCUT2D eigenvalue weighted by Crippen LogP contribution is -2.22. The molecule has 0 radical (unpaired) electrons. The second-order valence-corrected chi connectivity index (χ2v) is 4.12. The molecule has 3 nitrogen and oxygen atoms in total. The highest BCUT2D eigenvalue weighted by Gasteiger charge is 2.15. The number of benzene rings is 1. The van der Waals surface area contributed by atoms with Crippen molar-refractivity contribution in [3.05, 3.63) is 28.8 Å². The topological polar surface area (TPSA) is 29.5 Å². The SMILES string of the molecule is CCOc1c(Cl)cccc1C(=O)CN(C)C. The molecule has 0 fully saturated rings. The normalized spacial score (nSPS) is 10.6. The number of nitrogens with zero attached hydrogens (tertiary/aromatic N) is 1. The molecular weight excluding hydrogens is 226 g/mol. The number of ether oxygens (including phenoxy) is 1. The lowest BCUT2D eigenvalue weighted by atomic mass is 10.1. The van der Waals surface area contributed by atoms with E-state index in [1.807, 2.05) is 25.9 Å². The maximum absolute atomic E-state index is 11.9. The van der Waals surface area contributed by atoms with Crippen molar-refractivity contribution in [3.63, 3.8) is 0 Å². The Morgan fingerprint density at radius 1 is 1.44 bits per heavy atom. The standard InChI is InChI=1S/C12H16ClNO2/c1-4-16-12-9(6-5-7-10(12)13)11(15)8-14(2)3/h5-7H,4,8H2,1-3H3. The van der Waals surface area contributed by atoms with Crippen LogP contribution in [0.1, 0.15) is 17.3 Å². The molecule has 4 heteroatoms. The highest BCUT2D eigenvalue weighted by molar-refractivity contribution is 6.32. The van der Waals surface area contributed by atoms with Crippen LogP contribution in [0.2, 0.25) is 5.02 Å². The number of ketones is 1. The Morgan fingerprint density at radius 2 is 2.12 bits per heavy atom. The summed E-state index contributed by atoms with van der Waals surface area (Å²) in [6.45, 7) is 2.70. The first-order chi connectivity index (χ1) is 7.56. The molecule has 0 saturated heterocycles. The Labute approximate surface area is 101 Å². The van der Waals surface area contributed by atoms with Crippen LogP contribution in [-0.2, 0) is 0 Å². The maximum Gasteiger partial charge on any atom is 0.180 e. The molecule has 0 saturated carbocycles. The van der Waals surface area contributed by atoms with E-state index >= 15 is 0 Å². The van der Waals surface area contributed by atoms with Crippen LogP contribution in [0.25, 0.3) is 0 Å².